The van der Waals surface area contributed by atoms with Crippen LogP contribution in [0.15, 0.2) is 54.1 Å². The van der Waals surface area contributed by atoms with E-state index in [0.29, 0.717) is 17.6 Å². The molecule has 0 bridgehead atoms. The molecule has 2 aliphatic rings. The third kappa shape index (κ3) is 5.84. The second-order valence-corrected chi connectivity index (χ2v) is 10.4. The molecule has 2 aromatic carbocycles. The van der Waals surface area contributed by atoms with Crippen LogP contribution in [0.5, 0.6) is 0 Å². The molecule has 5 heteroatoms. The van der Waals surface area contributed by atoms with Crippen molar-refractivity contribution in [2.24, 2.45) is 5.41 Å². The van der Waals surface area contributed by atoms with E-state index in [1.54, 1.807) is 5.57 Å². The number of anilines is 1. The fraction of sp³-hybridized carbons (Fsp3) is 0.483. The van der Waals surface area contributed by atoms with Gasteiger partial charge in [0.1, 0.15) is 0 Å². The van der Waals surface area contributed by atoms with Crippen molar-refractivity contribution in [3.05, 3.63) is 70.3 Å². The van der Waals surface area contributed by atoms with Crippen LogP contribution in [-0.2, 0) is 4.74 Å². The molecule has 0 radical (unpaired) electrons. The number of esters is 1. The summed E-state index contributed by atoms with van der Waals surface area (Å²) in [5.41, 5.74) is 6.64. The number of allylic oxidation sites excluding steroid dienone is 1. The van der Waals surface area contributed by atoms with Gasteiger partial charge in [-0.15, -0.1) is 0 Å². The average Bonchev–Trinajstić information content (AvgIpc) is 2.86. The van der Waals surface area contributed by atoms with Crippen LogP contribution in [0.1, 0.15) is 62.4 Å². The summed E-state index contributed by atoms with van der Waals surface area (Å²) in [4.78, 5) is 16.9. The van der Waals surface area contributed by atoms with Crippen LogP contribution in [0.2, 0.25) is 5.02 Å². The van der Waals surface area contributed by atoms with E-state index in [0.717, 1.165) is 44.2 Å². The fourth-order valence-corrected chi connectivity index (χ4v) is 5.35. The standard InChI is InChI=1S/C29H37ClN2O2/c1-4-29(3)15-14-27(22-6-10-25(30)11-7-22)24(20-29)21-31-16-18-32(19-17-31)26-12-8-23(9-13-26)28(33)34-5-2/h6-13H,4-5,14-21H2,1-3H3. The highest BCUT2D eigenvalue weighted by Gasteiger charge is 2.31. The second kappa shape index (κ2) is 11.0. The Labute approximate surface area is 209 Å². The van der Waals surface area contributed by atoms with E-state index in [9.17, 15) is 4.79 Å². The van der Waals surface area contributed by atoms with Crippen molar-refractivity contribution >= 4 is 28.8 Å². The van der Waals surface area contributed by atoms with Gasteiger partial charge < -0.3 is 9.64 Å². The number of piperazine rings is 1. The minimum absolute atomic E-state index is 0.254. The molecule has 1 fully saturated rings. The molecule has 1 saturated heterocycles. The highest BCUT2D eigenvalue weighted by Crippen LogP contribution is 2.45. The molecule has 1 heterocycles. The van der Waals surface area contributed by atoms with Crippen LogP contribution in [-0.4, -0.2) is 50.2 Å². The van der Waals surface area contributed by atoms with Crippen LogP contribution in [0.3, 0.4) is 0 Å². The Morgan fingerprint density at radius 3 is 2.29 bits per heavy atom. The van der Waals surface area contributed by atoms with Gasteiger partial charge in [-0.1, -0.05) is 49.6 Å². The molecule has 1 aliphatic heterocycles. The first-order valence-electron chi connectivity index (χ1n) is 12.6. The van der Waals surface area contributed by atoms with Gasteiger partial charge in [-0.05, 0) is 79.1 Å². The lowest BCUT2D eigenvalue weighted by molar-refractivity contribution is 0.0526. The summed E-state index contributed by atoms with van der Waals surface area (Å²) in [6.07, 6.45) is 4.80. The normalized spacial score (nSPS) is 21.6. The summed E-state index contributed by atoms with van der Waals surface area (Å²) in [6.45, 7) is 12.1. The van der Waals surface area contributed by atoms with Crippen molar-refractivity contribution in [2.45, 2.75) is 46.5 Å². The molecule has 2 aromatic rings. The number of halogens is 1. The fourth-order valence-electron chi connectivity index (χ4n) is 5.22. The van der Waals surface area contributed by atoms with E-state index >= 15 is 0 Å². The number of carbonyl (C=O) groups is 1. The Kier molecular flexibility index (Phi) is 8.00. The van der Waals surface area contributed by atoms with Gasteiger partial charge in [-0.25, -0.2) is 4.79 Å². The Balaban J connectivity index is 1.43. The smallest absolute Gasteiger partial charge is 0.338 e. The molecule has 0 aromatic heterocycles. The molecule has 0 saturated carbocycles. The van der Waals surface area contributed by atoms with Crippen molar-refractivity contribution in [3.63, 3.8) is 0 Å². The zero-order chi connectivity index (χ0) is 24.1. The van der Waals surface area contributed by atoms with E-state index in [2.05, 4.69) is 35.8 Å². The third-order valence-corrected chi connectivity index (χ3v) is 7.87. The Hall–Kier alpha value is -2.30. The van der Waals surface area contributed by atoms with Crippen molar-refractivity contribution < 1.29 is 9.53 Å². The summed E-state index contributed by atoms with van der Waals surface area (Å²) < 4.78 is 5.10. The lowest BCUT2D eigenvalue weighted by Gasteiger charge is -2.40. The quantitative estimate of drug-likeness (QED) is 0.413. The predicted molar refractivity (Wildman–Crippen MR) is 142 cm³/mol. The maximum Gasteiger partial charge on any atom is 0.338 e. The second-order valence-electron chi connectivity index (χ2n) is 9.96. The SMILES string of the molecule is CCOC(=O)c1ccc(N2CCN(CC3=C(c4ccc(Cl)cc4)CCC(C)(CC)C3)CC2)cc1. The molecule has 0 N–H and O–H groups in total. The Bertz CT molecular complexity index is 1010. The summed E-state index contributed by atoms with van der Waals surface area (Å²) >= 11 is 6.16. The van der Waals surface area contributed by atoms with Gasteiger partial charge in [0, 0.05) is 43.4 Å². The number of ether oxygens (including phenoxy) is 1. The average molecular weight is 481 g/mol. The Morgan fingerprint density at radius 2 is 1.68 bits per heavy atom. The molecule has 0 spiro atoms. The first-order valence-corrected chi connectivity index (χ1v) is 13.0. The molecule has 1 unspecified atom stereocenters. The minimum atomic E-state index is -0.254. The minimum Gasteiger partial charge on any atom is -0.462 e. The van der Waals surface area contributed by atoms with Crippen LogP contribution in [0.4, 0.5) is 5.69 Å². The largest absolute Gasteiger partial charge is 0.462 e. The van der Waals surface area contributed by atoms with Crippen molar-refractivity contribution in [2.75, 3.05) is 44.2 Å². The zero-order valence-corrected chi connectivity index (χ0v) is 21.5. The molecular formula is C29H37ClN2O2. The van der Waals surface area contributed by atoms with Crippen molar-refractivity contribution in [1.29, 1.82) is 0 Å². The number of rotatable bonds is 7. The van der Waals surface area contributed by atoms with Gasteiger partial charge in [0.2, 0.25) is 0 Å². The maximum atomic E-state index is 11.9. The van der Waals surface area contributed by atoms with Crippen molar-refractivity contribution in [1.82, 2.24) is 4.90 Å². The van der Waals surface area contributed by atoms with Gasteiger partial charge in [0.05, 0.1) is 12.2 Å². The third-order valence-electron chi connectivity index (χ3n) is 7.62. The van der Waals surface area contributed by atoms with E-state index < -0.39 is 0 Å². The summed E-state index contributed by atoms with van der Waals surface area (Å²) in [5.74, 6) is -0.254. The van der Waals surface area contributed by atoms with E-state index in [-0.39, 0.29) is 5.97 Å². The summed E-state index contributed by atoms with van der Waals surface area (Å²) in [6, 6.07) is 16.2. The molecule has 1 aliphatic carbocycles. The topological polar surface area (TPSA) is 32.8 Å². The van der Waals surface area contributed by atoms with Gasteiger partial charge >= 0.3 is 5.97 Å². The van der Waals surface area contributed by atoms with Crippen LogP contribution in [0, 0.1) is 5.41 Å². The van der Waals surface area contributed by atoms with Crippen LogP contribution in [0.25, 0.3) is 5.57 Å². The molecule has 34 heavy (non-hydrogen) atoms. The molecule has 4 nitrogen and oxygen atoms in total. The van der Waals surface area contributed by atoms with Crippen LogP contribution < -0.4 is 4.90 Å². The van der Waals surface area contributed by atoms with E-state index in [1.165, 1.54) is 36.1 Å². The zero-order valence-electron chi connectivity index (χ0n) is 20.8. The number of hydrogen-bond acceptors (Lipinski definition) is 4. The summed E-state index contributed by atoms with van der Waals surface area (Å²) in [5, 5.41) is 0.798. The highest BCUT2D eigenvalue weighted by molar-refractivity contribution is 6.30. The molecule has 0 amide bonds. The van der Waals surface area contributed by atoms with Gasteiger partial charge in [0.25, 0.3) is 0 Å². The van der Waals surface area contributed by atoms with Crippen LogP contribution >= 0.6 is 11.6 Å². The summed E-state index contributed by atoms with van der Waals surface area (Å²) in [7, 11) is 0. The highest BCUT2D eigenvalue weighted by atomic mass is 35.5. The predicted octanol–water partition coefficient (Wildman–Crippen LogP) is 6.69. The van der Waals surface area contributed by atoms with Gasteiger partial charge in [-0.3, -0.25) is 4.90 Å². The first kappa shape index (κ1) is 24.8. The molecule has 1 atom stereocenters. The number of carbonyl (C=O) groups excluding carboxylic acids is 1. The number of hydrogen-bond donors (Lipinski definition) is 0. The molecule has 182 valence electrons. The maximum absolute atomic E-state index is 11.9. The molecule has 4 rings (SSSR count). The van der Waals surface area contributed by atoms with Gasteiger partial charge in [-0.2, -0.15) is 0 Å². The van der Waals surface area contributed by atoms with Crippen molar-refractivity contribution in [3.8, 4) is 0 Å². The van der Waals surface area contributed by atoms with Gasteiger partial charge in [0.15, 0.2) is 0 Å². The Morgan fingerprint density at radius 1 is 1.00 bits per heavy atom. The van der Waals surface area contributed by atoms with E-state index in [4.69, 9.17) is 16.3 Å². The monoisotopic (exact) mass is 480 g/mol. The number of nitrogens with zero attached hydrogens (tertiary/aromatic N) is 2. The first-order chi connectivity index (χ1) is 16.4. The molecular weight excluding hydrogens is 444 g/mol. The number of benzene rings is 2. The van der Waals surface area contributed by atoms with E-state index in [1.807, 2.05) is 43.3 Å². The lowest BCUT2D eigenvalue weighted by atomic mass is 9.70. The lowest BCUT2D eigenvalue weighted by Crippen LogP contribution is -2.47.